The van der Waals surface area contributed by atoms with Gasteiger partial charge in [-0.25, -0.2) is 0 Å². The number of amidine groups is 1. The highest BCUT2D eigenvalue weighted by molar-refractivity contribution is 8.18. The molecule has 0 atom stereocenters. The van der Waals surface area contributed by atoms with Crippen LogP contribution in [0.5, 0.6) is 11.5 Å². The molecule has 1 saturated heterocycles. The van der Waals surface area contributed by atoms with Gasteiger partial charge in [-0.05, 0) is 73.5 Å². The molecule has 0 saturated carbocycles. The summed E-state index contributed by atoms with van der Waals surface area (Å²) in [6.45, 7) is 9.39. The van der Waals surface area contributed by atoms with Gasteiger partial charge in [0.25, 0.3) is 5.91 Å². The van der Waals surface area contributed by atoms with Crippen LogP contribution in [0.2, 0.25) is 5.02 Å². The predicted octanol–water partition coefficient (Wildman–Crippen LogP) is 5.97. The monoisotopic (exact) mass is 470 g/mol. The summed E-state index contributed by atoms with van der Waals surface area (Å²) in [7, 11) is 1.61. The van der Waals surface area contributed by atoms with Crippen molar-refractivity contribution in [1.29, 1.82) is 0 Å². The molecule has 1 heterocycles. The van der Waals surface area contributed by atoms with Crippen LogP contribution in [0, 0.1) is 0 Å². The van der Waals surface area contributed by atoms with E-state index in [4.69, 9.17) is 21.1 Å². The molecule has 5 nitrogen and oxygen atoms in total. The van der Waals surface area contributed by atoms with E-state index in [1.165, 1.54) is 11.8 Å². The number of rotatable bonds is 9. The molecule has 3 rings (SSSR count). The number of hydrogen-bond acceptors (Lipinski definition) is 5. The molecule has 1 fully saturated rings. The molecule has 1 aliphatic rings. The van der Waals surface area contributed by atoms with Crippen molar-refractivity contribution >= 4 is 40.5 Å². The third-order valence-electron chi connectivity index (χ3n) is 4.83. The van der Waals surface area contributed by atoms with Crippen LogP contribution in [0.25, 0.3) is 6.08 Å². The van der Waals surface area contributed by atoms with Crippen LogP contribution < -0.4 is 9.47 Å². The first-order chi connectivity index (χ1) is 15.5. The Morgan fingerprint density at radius 1 is 1.22 bits per heavy atom. The number of thioether (sulfide) groups is 1. The van der Waals surface area contributed by atoms with Crippen molar-refractivity contribution in [3.8, 4) is 11.5 Å². The second-order valence-electron chi connectivity index (χ2n) is 7.04. The first kappa shape index (κ1) is 24.0. The lowest BCUT2D eigenvalue weighted by Crippen LogP contribution is -2.28. The largest absolute Gasteiger partial charge is 0.493 e. The topological polar surface area (TPSA) is 51.1 Å². The molecular weight excluding hydrogens is 444 g/mol. The molecule has 2 aromatic rings. The number of carbonyl (C=O) groups is 1. The summed E-state index contributed by atoms with van der Waals surface area (Å²) in [5.41, 5.74) is 2.80. The van der Waals surface area contributed by atoms with Crippen molar-refractivity contribution in [2.45, 2.75) is 26.9 Å². The molecule has 0 radical (unpaired) electrons. The minimum atomic E-state index is -0.0306. The van der Waals surface area contributed by atoms with E-state index in [-0.39, 0.29) is 5.91 Å². The van der Waals surface area contributed by atoms with E-state index >= 15 is 0 Å². The zero-order valence-corrected chi connectivity index (χ0v) is 20.1. The first-order valence-electron chi connectivity index (χ1n) is 10.5. The SMILES string of the molecule is C=CCc1cc(/C=C2/SC(=NCC)N(CC)C2=O)cc(OC)c1OCc1ccc(Cl)cc1. The molecule has 1 amide bonds. The van der Waals surface area contributed by atoms with Crippen molar-refractivity contribution in [2.75, 3.05) is 20.2 Å². The van der Waals surface area contributed by atoms with E-state index in [1.54, 1.807) is 12.0 Å². The van der Waals surface area contributed by atoms with Crippen LogP contribution in [-0.2, 0) is 17.8 Å². The number of ether oxygens (including phenoxy) is 2. The summed E-state index contributed by atoms with van der Waals surface area (Å²) in [6.07, 6.45) is 4.31. The summed E-state index contributed by atoms with van der Waals surface area (Å²) in [5.74, 6) is 1.24. The number of allylic oxidation sites excluding steroid dienone is 1. The molecule has 7 heteroatoms. The first-order valence-corrected chi connectivity index (χ1v) is 11.6. The van der Waals surface area contributed by atoms with Crippen molar-refractivity contribution < 1.29 is 14.3 Å². The molecular formula is C25H27ClN2O3S. The van der Waals surface area contributed by atoms with Gasteiger partial charge in [-0.2, -0.15) is 0 Å². The van der Waals surface area contributed by atoms with E-state index in [0.29, 0.717) is 47.5 Å². The molecule has 0 spiro atoms. The van der Waals surface area contributed by atoms with E-state index in [0.717, 1.165) is 21.9 Å². The number of nitrogens with zero attached hydrogens (tertiary/aromatic N) is 2. The Morgan fingerprint density at radius 3 is 2.59 bits per heavy atom. The fourth-order valence-corrected chi connectivity index (χ4v) is 4.55. The zero-order chi connectivity index (χ0) is 23.1. The van der Waals surface area contributed by atoms with E-state index in [2.05, 4.69) is 11.6 Å². The highest BCUT2D eigenvalue weighted by Gasteiger charge is 2.32. The van der Waals surface area contributed by atoms with Gasteiger partial charge in [0.2, 0.25) is 0 Å². The predicted molar refractivity (Wildman–Crippen MR) is 134 cm³/mol. The Labute approximate surface area is 198 Å². The lowest BCUT2D eigenvalue weighted by Gasteiger charge is -2.16. The van der Waals surface area contributed by atoms with Crippen LogP contribution >= 0.6 is 23.4 Å². The highest BCUT2D eigenvalue weighted by Crippen LogP contribution is 2.37. The molecule has 0 aliphatic carbocycles. The molecule has 0 aromatic heterocycles. The van der Waals surface area contributed by atoms with Crippen LogP contribution in [0.4, 0.5) is 0 Å². The fraction of sp³-hybridized carbons (Fsp3) is 0.280. The molecule has 0 bridgehead atoms. The van der Waals surface area contributed by atoms with Gasteiger partial charge >= 0.3 is 0 Å². The van der Waals surface area contributed by atoms with Crippen molar-refractivity contribution in [3.63, 3.8) is 0 Å². The van der Waals surface area contributed by atoms with Crippen molar-refractivity contribution in [1.82, 2.24) is 4.90 Å². The summed E-state index contributed by atoms with van der Waals surface area (Å²) < 4.78 is 11.8. The summed E-state index contributed by atoms with van der Waals surface area (Å²) in [4.78, 5) is 19.6. The third-order valence-corrected chi connectivity index (χ3v) is 6.13. The van der Waals surface area contributed by atoms with Crippen molar-refractivity contribution in [2.24, 2.45) is 4.99 Å². The number of halogens is 1. The highest BCUT2D eigenvalue weighted by atomic mass is 35.5. The number of benzene rings is 2. The van der Waals surface area contributed by atoms with Gasteiger partial charge in [0, 0.05) is 23.7 Å². The number of aliphatic imine (C=N–C) groups is 1. The summed E-state index contributed by atoms with van der Waals surface area (Å²) >= 11 is 7.37. The van der Waals surface area contributed by atoms with Crippen LogP contribution in [0.15, 0.2) is 59.0 Å². The Hall–Kier alpha value is -2.70. The van der Waals surface area contributed by atoms with Crippen LogP contribution in [0.3, 0.4) is 0 Å². The number of hydrogen-bond donors (Lipinski definition) is 0. The lowest BCUT2D eigenvalue weighted by atomic mass is 10.0. The quantitative estimate of drug-likeness (QED) is 0.334. The van der Waals surface area contributed by atoms with E-state index < -0.39 is 0 Å². The van der Waals surface area contributed by atoms with E-state index in [9.17, 15) is 4.79 Å². The Morgan fingerprint density at radius 2 is 1.97 bits per heavy atom. The summed E-state index contributed by atoms with van der Waals surface area (Å²) in [6, 6.07) is 11.4. The number of amides is 1. The van der Waals surface area contributed by atoms with Gasteiger partial charge in [0.05, 0.1) is 12.0 Å². The van der Waals surface area contributed by atoms with Crippen LogP contribution in [0.1, 0.15) is 30.5 Å². The maximum absolute atomic E-state index is 12.8. The zero-order valence-electron chi connectivity index (χ0n) is 18.6. The second kappa shape index (κ2) is 11.2. The molecule has 1 aliphatic heterocycles. The molecule has 32 heavy (non-hydrogen) atoms. The Kier molecular flexibility index (Phi) is 8.42. The van der Waals surface area contributed by atoms with Gasteiger partial charge in [-0.15, -0.1) is 6.58 Å². The van der Waals surface area contributed by atoms with Crippen molar-refractivity contribution in [3.05, 3.63) is 75.7 Å². The minimum absolute atomic E-state index is 0.0306. The Bertz CT molecular complexity index is 1050. The van der Waals surface area contributed by atoms with Gasteiger partial charge in [-0.1, -0.05) is 29.8 Å². The van der Waals surface area contributed by atoms with Crippen LogP contribution in [-0.4, -0.2) is 36.2 Å². The molecule has 168 valence electrons. The number of carbonyl (C=O) groups excluding carboxylic acids is 1. The van der Waals surface area contributed by atoms with Gasteiger partial charge in [0.15, 0.2) is 16.7 Å². The van der Waals surface area contributed by atoms with Gasteiger partial charge in [-0.3, -0.25) is 14.7 Å². The maximum atomic E-state index is 12.8. The second-order valence-corrected chi connectivity index (χ2v) is 8.48. The maximum Gasteiger partial charge on any atom is 0.266 e. The lowest BCUT2D eigenvalue weighted by molar-refractivity contribution is -0.122. The minimum Gasteiger partial charge on any atom is -0.493 e. The third kappa shape index (κ3) is 5.56. The normalized spacial score (nSPS) is 16.1. The standard InChI is InChI=1S/C25H27ClN2O3S/c1-5-8-19-13-18(15-22-24(29)28(7-3)25(32-22)27-6-2)14-21(30-4)23(19)31-16-17-9-11-20(26)12-10-17/h5,9-15H,1,6-8,16H2,2-4H3/b22-15+,27-25?. The molecule has 0 N–H and O–H groups in total. The molecule has 2 aromatic carbocycles. The fourth-order valence-electron chi connectivity index (χ4n) is 3.32. The van der Waals surface area contributed by atoms with Gasteiger partial charge in [0.1, 0.15) is 6.61 Å². The molecule has 0 unspecified atom stereocenters. The average molecular weight is 471 g/mol. The number of likely N-dealkylation sites (N-methyl/N-ethyl adjacent to an activating group) is 1. The average Bonchev–Trinajstić information content (AvgIpc) is 3.08. The Balaban J connectivity index is 1.93. The van der Waals surface area contributed by atoms with E-state index in [1.807, 2.05) is 62.4 Å². The number of methoxy groups -OCH3 is 1. The summed E-state index contributed by atoms with van der Waals surface area (Å²) in [5, 5.41) is 1.43. The smallest absolute Gasteiger partial charge is 0.266 e. The van der Waals surface area contributed by atoms with Gasteiger partial charge < -0.3 is 9.47 Å².